The molecule has 3 heterocycles. The third-order valence-electron chi connectivity index (χ3n) is 4.14. The van der Waals surface area contributed by atoms with Gasteiger partial charge in [-0.05, 0) is 18.2 Å². The van der Waals surface area contributed by atoms with Gasteiger partial charge in [0.1, 0.15) is 6.04 Å². The minimum atomic E-state index is -0.614. The van der Waals surface area contributed by atoms with Crippen LogP contribution in [0.2, 0.25) is 5.02 Å². The van der Waals surface area contributed by atoms with Crippen LogP contribution in [0.1, 0.15) is 9.80 Å². The highest BCUT2D eigenvalue weighted by Gasteiger charge is 2.47. The van der Waals surface area contributed by atoms with Gasteiger partial charge in [0, 0.05) is 23.8 Å². The van der Waals surface area contributed by atoms with Crippen molar-refractivity contribution in [3.63, 3.8) is 0 Å². The summed E-state index contributed by atoms with van der Waals surface area (Å²) in [6.45, 7) is 0.949. The minimum absolute atomic E-state index is 0.181. The Hall–Kier alpha value is -2.49. The first kappa shape index (κ1) is 17.0. The Morgan fingerprint density at radius 3 is 2.92 bits per heavy atom. The number of amides is 4. The van der Waals surface area contributed by atoms with Crippen molar-refractivity contribution in [3.8, 4) is 0 Å². The summed E-state index contributed by atoms with van der Waals surface area (Å²) in [5, 5.41) is 4.89. The number of thiazole rings is 1. The number of urea groups is 1. The Bertz CT molecular complexity index is 864. The van der Waals surface area contributed by atoms with Crippen LogP contribution in [0, 0.1) is 0 Å². The number of anilines is 2. The Morgan fingerprint density at radius 2 is 2.23 bits per heavy atom. The average Bonchev–Trinajstić information content (AvgIpc) is 3.25. The summed E-state index contributed by atoms with van der Waals surface area (Å²) >= 11 is 7.50. The number of hydrogen-bond acceptors (Lipinski definition) is 6. The molecule has 1 aromatic heterocycles. The number of carbonyl (C=O) groups excluding carboxylic acids is 3. The summed E-state index contributed by atoms with van der Waals surface area (Å²) in [6, 6.07) is 3.59. The van der Waals surface area contributed by atoms with E-state index >= 15 is 0 Å². The molecule has 2 aromatic rings. The van der Waals surface area contributed by atoms with E-state index < -0.39 is 12.1 Å². The Balaban J connectivity index is 1.57. The van der Waals surface area contributed by atoms with Gasteiger partial charge in [0.2, 0.25) is 0 Å². The number of morpholine rings is 1. The van der Waals surface area contributed by atoms with Crippen LogP contribution in [0.3, 0.4) is 0 Å². The second kappa shape index (κ2) is 6.67. The number of imide groups is 1. The number of nitrogens with one attached hydrogen (secondary N) is 1. The zero-order valence-corrected chi connectivity index (χ0v) is 14.9. The predicted molar refractivity (Wildman–Crippen MR) is 95.7 cm³/mol. The molecule has 26 heavy (non-hydrogen) atoms. The van der Waals surface area contributed by atoms with Crippen molar-refractivity contribution in [2.75, 3.05) is 30.0 Å². The zero-order chi connectivity index (χ0) is 18.3. The van der Waals surface area contributed by atoms with Gasteiger partial charge >= 0.3 is 6.03 Å². The molecule has 1 N–H and O–H groups in total. The number of aromatic nitrogens is 1. The van der Waals surface area contributed by atoms with Crippen molar-refractivity contribution in [2.45, 2.75) is 6.04 Å². The van der Waals surface area contributed by atoms with Crippen LogP contribution >= 0.6 is 22.9 Å². The lowest BCUT2D eigenvalue weighted by atomic mass is 10.2. The smallest absolute Gasteiger partial charge is 0.332 e. The number of rotatable bonds is 3. The van der Waals surface area contributed by atoms with Crippen LogP contribution in [0.15, 0.2) is 29.8 Å². The molecule has 1 unspecified atom stereocenters. The lowest BCUT2D eigenvalue weighted by molar-refractivity contribution is -0.123. The highest BCUT2D eigenvalue weighted by Crippen LogP contribution is 2.34. The normalized spacial score (nSPS) is 19.7. The fraction of sp³-hybridized carbons (Fsp3) is 0.250. The second-order valence-electron chi connectivity index (χ2n) is 5.70. The molecule has 134 valence electrons. The summed E-state index contributed by atoms with van der Waals surface area (Å²) in [5.74, 6) is -0.720. The van der Waals surface area contributed by atoms with Gasteiger partial charge in [-0.3, -0.25) is 9.59 Å². The van der Waals surface area contributed by atoms with Crippen LogP contribution in [-0.4, -0.2) is 53.5 Å². The van der Waals surface area contributed by atoms with E-state index in [2.05, 4.69) is 10.3 Å². The van der Waals surface area contributed by atoms with E-state index in [1.54, 1.807) is 17.6 Å². The molecule has 1 atom stereocenters. The lowest BCUT2D eigenvalue weighted by Gasteiger charge is -2.26. The maximum absolute atomic E-state index is 12.6. The average molecular weight is 393 g/mol. The first-order chi connectivity index (χ1) is 12.6. The van der Waals surface area contributed by atoms with Crippen LogP contribution < -0.4 is 10.2 Å². The number of benzene rings is 1. The fourth-order valence-corrected chi connectivity index (χ4v) is 3.71. The van der Waals surface area contributed by atoms with Gasteiger partial charge in [-0.15, -0.1) is 11.3 Å². The Labute approximate surface area is 157 Å². The van der Waals surface area contributed by atoms with Crippen molar-refractivity contribution < 1.29 is 19.1 Å². The van der Waals surface area contributed by atoms with E-state index in [1.165, 1.54) is 28.4 Å². The quantitative estimate of drug-likeness (QED) is 0.808. The molecule has 8 nitrogen and oxygen atoms in total. The molecule has 4 amide bonds. The summed E-state index contributed by atoms with van der Waals surface area (Å²) in [7, 11) is 0. The molecular formula is C16H13ClN4O4S. The molecule has 2 fully saturated rings. The maximum atomic E-state index is 12.6. The molecule has 4 rings (SSSR count). The Morgan fingerprint density at radius 1 is 1.38 bits per heavy atom. The van der Waals surface area contributed by atoms with Crippen molar-refractivity contribution in [1.29, 1.82) is 0 Å². The van der Waals surface area contributed by atoms with Gasteiger partial charge in [-0.1, -0.05) is 11.6 Å². The number of ether oxygens (including phenoxy) is 1. The molecule has 2 saturated heterocycles. The number of hydrogen-bond donors (Lipinski definition) is 1. The second-order valence-corrected chi connectivity index (χ2v) is 7.00. The summed E-state index contributed by atoms with van der Waals surface area (Å²) in [6.07, 6.45) is 1.54. The molecule has 0 radical (unpaired) electrons. The van der Waals surface area contributed by atoms with Gasteiger partial charge in [-0.2, -0.15) is 0 Å². The predicted octanol–water partition coefficient (Wildman–Crippen LogP) is 2.22. The number of nitrogens with zero attached hydrogens (tertiary/aromatic N) is 3. The summed E-state index contributed by atoms with van der Waals surface area (Å²) < 4.78 is 5.29. The zero-order valence-electron chi connectivity index (χ0n) is 13.3. The third-order valence-corrected chi connectivity index (χ3v) is 5.22. The lowest BCUT2D eigenvalue weighted by Crippen LogP contribution is -2.45. The monoisotopic (exact) mass is 392 g/mol. The molecule has 2 aliphatic heterocycles. The van der Waals surface area contributed by atoms with Crippen LogP contribution in [0.4, 0.5) is 16.2 Å². The maximum Gasteiger partial charge on any atom is 0.332 e. The van der Waals surface area contributed by atoms with Gasteiger partial charge in [0.25, 0.3) is 11.8 Å². The Kier molecular flexibility index (Phi) is 4.35. The number of carbonyl (C=O) groups is 3. The van der Waals surface area contributed by atoms with E-state index in [1.807, 2.05) is 0 Å². The van der Waals surface area contributed by atoms with E-state index in [0.29, 0.717) is 23.8 Å². The standard InChI is InChI=1S/C16H13ClN4O4S/c17-10-7-9(19-13(22)14-18-3-6-26-14)1-2-11(10)21-15(23)12-8-25-5-4-20(12)16(21)24/h1-3,6-7,12H,4-5,8H2,(H,19,22). The molecular weight excluding hydrogens is 380 g/mol. The highest BCUT2D eigenvalue weighted by atomic mass is 35.5. The van der Waals surface area contributed by atoms with Crippen molar-refractivity contribution in [3.05, 3.63) is 39.8 Å². The van der Waals surface area contributed by atoms with E-state index in [4.69, 9.17) is 16.3 Å². The molecule has 10 heteroatoms. The van der Waals surface area contributed by atoms with Crippen LogP contribution in [-0.2, 0) is 9.53 Å². The van der Waals surface area contributed by atoms with E-state index in [9.17, 15) is 14.4 Å². The number of fused-ring (bicyclic) bond motifs is 1. The first-order valence-electron chi connectivity index (χ1n) is 7.79. The molecule has 0 saturated carbocycles. The molecule has 2 aliphatic rings. The first-order valence-corrected chi connectivity index (χ1v) is 9.05. The van der Waals surface area contributed by atoms with Crippen LogP contribution in [0.25, 0.3) is 0 Å². The van der Waals surface area contributed by atoms with E-state index in [-0.39, 0.29) is 29.1 Å². The third kappa shape index (κ3) is 2.83. The van der Waals surface area contributed by atoms with Crippen LogP contribution in [0.5, 0.6) is 0 Å². The fourth-order valence-electron chi connectivity index (χ4n) is 2.92. The number of halogens is 1. The highest BCUT2D eigenvalue weighted by molar-refractivity contribution is 7.11. The molecule has 0 spiro atoms. The van der Waals surface area contributed by atoms with E-state index in [0.717, 1.165) is 4.90 Å². The largest absolute Gasteiger partial charge is 0.377 e. The minimum Gasteiger partial charge on any atom is -0.377 e. The topological polar surface area (TPSA) is 91.8 Å². The van der Waals surface area contributed by atoms with Crippen molar-refractivity contribution in [2.24, 2.45) is 0 Å². The molecule has 0 bridgehead atoms. The van der Waals surface area contributed by atoms with Crippen molar-refractivity contribution >= 4 is 52.2 Å². The van der Waals surface area contributed by atoms with Crippen molar-refractivity contribution in [1.82, 2.24) is 9.88 Å². The SMILES string of the molecule is O=C(Nc1ccc(N2C(=O)C3COCCN3C2=O)c(Cl)c1)c1nccs1. The summed E-state index contributed by atoms with van der Waals surface area (Å²) in [5.41, 5.74) is 0.724. The molecule has 0 aliphatic carbocycles. The van der Waals surface area contributed by atoms with Gasteiger partial charge in [0.15, 0.2) is 5.01 Å². The molecule has 1 aromatic carbocycles. The summed E-state index contributed by atoms with van der Waals surface area (Å²) in [4.78, 5) is 43.7. The van der Waals surface area contributed by atoms with Gasteiger partial charge < -0.3 is 15.0 Å². The van der Waals surface area contributed by atoms with Gasteiger partial charge in [-0.25, -0.2) is 14.7 Å². The van der Waals surface area contributed by atoms with Gasteiger partial charge in [0.05, 0.1) is 23.9 Å².